The number of nitriles is 1. The Morgan fingerprint density at radius 1 is 1.21 bits per heavy atom. The quantitative estimate of drug-likeness (QED) is 0.806. The van der Waals surface area contributed by atoms with Crippen molar-refractivity contribution in [2.75, 3.05) is 0 Å². The number of nitrogens with zero attached hydrogens (tertiary/aromatic N) is 2. The molecule has 0 radical (unpaired) electrons. The summed E-state index contributed by atoms with van der Waals surface area (Å²) < 4.78 is 1.66. The van der Waals surface area contributed by atoms with Crippen molar-refractivity contribution in [3.8, 4) is 17.2 Å². The molecule has 1 aromatic heterocycles. The van der Waals surface area contributed by atoms with E-state index in [2.05, 4.69) is 11.4 Å². The van der Waals surface area contributed by atoms with Gasteiger partial charge in [0.25, 0.3) is 5.56 Å². The summed E-state index contributed by atoms with van der Waals surface area (Å²) in [5, 5.41) is 12.2. The van der Waals surface area contributed by atoms with Crippen LogP contribution < -0.4 is 16.6 Å². The molecular weight excluding hydrogens is 352 g/mol. The highest BCUT2D eigenvalue weighted by atomic mass is 16.2. The van der Waals surface area contributed by atoms with E-state index in [9.17, 15) is 14.9 Å². The van der Waals surface area contributed by atoms with Gasteiger partial charge >= 0.3 is 0 Å². The topological polar surface area (TPSA) is 101 Å². The number of aromatic nitrogens is 1. The van der Waals surface area contributed by atoms with E-state index in [4.69, 9.17) is 5.73 Å². The molecule has 1 saturated carbocycles. The van der Waals surface area contributed by atoms with Gasteiger partial charge in [-0.05, 0) is 42.5 Å². The summed E-state index contributed by atoms with van der Waals surface area (Å²) in [4.78, 5) is 24.2. The van der Waals surface area contributed by atoms with Gasteiger partial charge in [0.2, 0.25) is 5.91 Å². The van der Waals surface area contributed by atoms with Crippen LogP contribution in [0.4, 0.5) is 0 Å². The average Bonchev–Trinajstić information content (AvgIpc) is 3.16. The molecule has 1 fully saturated rings. The molecule has 1 atom stereocenters. The monoisotopic (exact) mass is 378 g/mol. The molecule has 1 aromatic carbocycles. The summed E-state index contributed by atoms with van der Waals surface area (Å²) in [6.07, 6.45) is 5.52. The maximum Gasteiger partial charge on any atom is 0.250 e. The van der Waals surface area contributed by atoms with Gasteiger partial charge in [0.05, 0.1) is 11.6 Å². The number of nitrogens with one attached hydrogen (secondary N) is 1. The van der Waals surface area contributed by atoms with E-state index in [-0.39, 0.29) is 11.5 Å². The number of nitrogens with two attached hydrogens (primary N) is 1. The predicted octanol–water partition coefficient (Wildman–Crippen LogP) is 2.36. The van der Waals surface area contributed by atoms with E-state index in [0.717, 1.165) is 29.5 Å². The molecule has 0 spiro atoms. The van der Waals surface area contributed by atoms with Gasteiger partial charge in [-0.1, -0.05) is 37.1 Å². The zero-order valence-electron chi connectivity index (χ0n) is 16.1. The second kappa shape index (κ2) is 8.41. The maximum absolute atomic E-state index is 12.4. The van der Waals surface area contributed by atoms with Gasteiger partial charge in [0.15, 0.2) is 0 Å². The third kappa shape index (κ3) is 4.32. The summed E-state index contributed by atoms with van der Waals surface area (Å²) in [7, 11) is 0. The van der Waals surface area contributed by atoms with E-state index >= 15 is 0 Å². The second-order valence-corrected chi connectivity index (χ2v) is 7.46. The molecule has 1 aliphatic rings. The lowest BCUT2D eigenvalue weighted by Gasteiger charge is -2.24. The highest BCUT2D eigenvalue weighted by Crippen LogP contribution is 2.27. The smallest absolute Gasteiger partial charge is 0.250 e. The first-order valence-corrected chi connectivity index (χ1v) is 9.74. The first kappa shape index (κ1) is 19.8. The highest BCUT2D eigenvalue weighted by Gasteiger charge is 2.37. The standard InChI is InChI=1S/C22H26N4O2/c1-2-26-15-18(9-10-20(26)27)17-7-5-16(6-8-17)13-19(14-23)25-21(28)22(24)11-3-4-12-22/h5-10,15,19H,2-4,11-13,24H2,1H3,(H,25,28). The summed E-state index contributed by atoms with van der Waals surface area (Å²) in [5.74, 6) is -0.227. The average molecular weight is 378 g/mol. The van der Waals surface area contributed by atoms with Crippen LogP contribution in [-0.4, -0.2) is 22.1 Å². The van der Waals surface area contributed by atoms with Crippen molar-refractivity contribution in [2.24, 2.45) is 5.73 Å². The fourth-order valence-electron chi connectivity index (χ4n) is 3.68. The normalized spacial score (nSPS) is 16.3. The number of rotatable bonds is 6. The van der Waals surface area contributed by atoms with Gasteiger partial charge in [-0.25, -0.2) is 0 Å². The van der Waals surface area contributed by atoms with E-state index in [1.54, 1.807) is 10.6 Å². The summed E-state index contributed by atoms with van der Waals surface area (Å²) in [6, 6.07) is 12.8. The van der Waals surface area contributed by atoms with E-state index in [1.165, 1.54) is 0 Å². The largest absolute Gasteiger partial charge is 0.338 e. The molecule has 6 heteroatoms. The number of benzene rings is 1. The number of hydrogen-bond acceptors (Lipinski definition) is 4. The maximum atomic E-state index is 12.4. The van der Waals surface area contributed by atoms with Gasteiger partial charge in [-0.15, -0.1) is 0 Å². The fraction of sp³-hybridized carbons (Fsp3) is 0.409. The molecule has 1 unspecified atom stereocenters. The summed E-state index contributed by atoms with van der Waals surface area (Å²) in [6.45, 7) is 2.55. The molecule has 0 saturated heterocycles. The molecular formula is C22H26N4O2. The van der Waals surface area contributed by atoms with Crippen LogP contribution >= 0.6 is 0 Å². The minimum absolute atomic E-state index is 0.0181. The number of carbonyl (C=O) groups is 1. The zero-order chi connectivity index (χ0) is 20.1. The Balaban J connectivity index is 1.68. The molecule has 1 heterocycles. The van der Waals surface area contributed by atoms with Gasteiger partial charge in [0, 0.05) is 25.2 Å². The summed E-state index contributed by atoms with van der Waals surface area (Å²) in [5.41, 5.74) is 8.24. The Hall–Kier alpha value is -2.91. The first-order chi connectivity index (χ1) is 13.4. The van der Waals surface area contributed by atoms with Crippen LogP contribution in [0.3, 0.4) is 0 Å². The second-order valence-electron chi connectivity index (χ2n) is 7.46. The van der Waals surface area contributed by atoms with Crippen LogP contribution in [0.1, 0.15) is 38.2 Å². The van der Waals surface area contributed by atoms with Crippen molar-refractivity contribution in [1.29, 1.82) is 5.26 Å². The fourth-order valence-corrected chi connectivity index (χ4v) is 3.68. The Labute approximate surface area is 165 Å². The van der Waals surface area contributed by atoms with Crippen molar-refractivity contribution < 1.29 is 4.79 Å². The molecule has 0 bridgehead atoms. The van der Waals surface area contributed by atoms with Crippen LogP contribution in [0.2, 0.25) is 0 Å². The number of pyridine rings is 1. The predicted molar refractivity (Wildman–Crippen MR) is 108 cm³/mol. The minimum atomic E-state index is -0.832. The number of aryl methyl sites for hydroxylation is 1. The van der Waals surface area contributed by atoms with E-state index < -0.39 is 11.6 Å². The Kier molecular flexibility index (Phi) is 5.96. The summed E-state index contributed by atoms with van der Waals surface area (Å²) >= 11 is 0. The van der Waals surface area contributed by atoms with Gasteiger partial charge in [0.1, 0.15) is 6.04 Å². The Morgan fingerprint density at radius 3 is 2.46 bits per heavy atom. The zero-order valence-corrected chi connectivity index (χ0v) is 16.1. The lowest BCUT2D eigenvalue weighted by molar-refractivity contribution is -0.126. The van der Waals surface area contributed by atoms with Crippen molar-refractivity contribution in [3.05, 3.63) is 58.5 Å². The molecule has 146 valence electrons. The first-order valence-electron chi connectivity index (χ1n) is 9.74. The van der Waals surface area contributed by atoms with Gasteiger partial charge in [-0.2, -0.15) is 5.26 Å². The van der Waals surface area contributed by atoms with Crippen LogP contribution in [0.25, 0.3) is 11.1 Å². The van der Waals surface area contributed by atoms with Crippen molar-refractivity contribution >= 4 is 5.91 Å². The molecule has 2 aromatic rings. The third-order valence-electron chi connectivity index (χ3n) is 5.46. The lowest BCUT2D eigenvalue weighted by atomic mass is 9.96. The number of amides is 1. The highest BCUT2D eigenvalue weighted by molar-refractivity contribution is 5.86. The van der Waals surface area contributed by atoms with Crippen molar-refractivity contribution in [2.45, 2.75) is 57.2 Å². The minimum Gasteiger partial charge on any atom is -0.338 e. The molecule has 6 nitrogen and oxygen atoms in total. The van der Waals surface area contributed by atoms with E-state index in [0.29, 0.717) is 25.8 Å². The van der Waals surface area contributed by atoms with Crippen molar-refractivity contribution in [1.82, 2.24) is 9.88 Å². The van der Waals surface area contributed by atoms with Crippen LogP contribution in [0.15, 0.2) is 47.4 Å². The molecule has 0 aliphatic heterocycles. The van der Waals surface area contributed by atoms with Crippen molar-refractivity contribution in [3.63, 3.8) is 0 Å². The Bertz CT molecular complexity index is 934. The molecule has 1 amide bonds. The third-order valence-corrected chi connectivity index (χ3v) is 5.46. The van der Waals surface area contributed by atoms with E-state index in [1.807, 2.05) is 43.5 Å². The van der Waals surface area contributed by atoms with Crippen LogP contribution in [0.5, 0.6) is 0 Å². The molecule has 3 rings (SSSR count). The molecule has 1 aliphatic carbocycles. The lowest BCUT2D eigenvalue weighted by Crippen LogP contribution is -2.54. The number of hydrogen-bond donors (Lipinski definition) is 2. The van der Waals surface area contributed by atoms with Gasteiger partial charge < -0.3 is 15.6 Å². The molecule has 28 heavy (non-hydrogen) atoms. The number of carbonyl (C=O) groups excluding carboxylic acids is 1. The Morgan fingerprint density at radius 2 is 1.86 bits per heavy atom. The van der Waals surface area contributed by atoms with Crippen LogP contribution in [-0.2, 0) is 17.8 Å². The van der Waals surface area contributed by atoms with Gasteiger partial charge in [-0.3, -0.25) is 9.59 Å². The molecule has 3 N–H and O–H groups in total. The SMILES string of the molecule is CCn1cc(-c2ccc(CC(C#N)NC(=O)C3(N)CCCC3)cc2)ccc1=O. The van der Waals surface area contributed by atoms with Crippen LogP contribution in [0, 0.1) is 11.3 Å².